The predicted molar refractivity (Wildman–Crippen MR) is 65.9 cm³/mol. The van der Waals surface area contributed by atoms with Crippen molar-refractivity contribution in [1.29, 1.82) is 5.41 Å². The number of halogens is 1. The van der Waals surface area contributed by atoms with Crippen LogP contribution in [-0.4, -0.2) is 10.8 Å². The Hall–Kier alpha value is -1.14. The van der Waals surface area contributed by atoms with Crippen molar-refractivity contribution in [2.24, 2.45) is 11.8 Å². The fourth-order valence-electron chi connectivity index (χ4n) is 1.41. The summed E-state index contributed by atoms with van der Waals surface area (Å²) in [5.74, 6) is 5.60. The number of pyridine rings is 1. The molecule has 88 valence electrons. The van der Waals surface area contributed by atoms with E-state index in [1.807, 2.05) is 13.8 Å². The normalized spacial score (nSPS) is 10.6. The van der Waals surface area contributed by atoms with Crippen molar-refractivity contribution in [2.45, 2.75) is 20.4 Å². The minimum atomic E-state index is -0.271. The van der Waals surface area contributed by atoms with Gasteiger partial charge in [-0.05, 0) is 21.8 Å². The van der Waals surface area contributed by atoms with Crippen LogP contribution < -0.4 is 16.3 Å². The van der Waals surface area contributed by atoms with E-state index in [1.54, 1.807) is 6.20 Å². The van der Waals surface area contributed by atoms with Crippen molar-refractivity contribution >= 4 is 22.1 Å². The third kappa shape index (κ3) is 2.51. The Morgan fingerprint density at radius 1 is 1.69 bits per heavy atom. The molecule has 0 unspecified atom stereocenters. The molecule has 0 aromatic carbocycles. The molecule has 0 saturated carbocycles. The van der Waals surface area contributed by atoms with Crippen molar-refractivity contribution in [2.75, 3.05) is 0 Å². The molecule has 0 aliphatic heterocycles. The summed E-state index contributed by atoms with van der Waals surface area (Å²) in [5, 5.41) is 7.21. The first-order chi connectivity index (χ1) is 7.51. The number of hydrogen-bond acceptors (Lipinski definition) is 4. The summed E-state index contributed by atoms with van der Waals surface area (Å²) >= 11 is 3.25. The first kappa shape index (κ1) is 12.9. The van der Waals surface area contributed by atoms with Crippen molar-refractivity contribution in [3.8, 4) is 5.75 Å². The van der Waals surface area contributed by atoms with Gasteiger partial charge in [0, 0.05) is 19.0 Å². The number of rotatable bonds is 4. The minimum absolute atomic E-state index is 0.150. The van der Waals surface area contributed by atoms with Crippen molar-refractivity contribution in [3.63, 3.8) is 0 Å². The highest BCUT2D eigenvalue weighted by molar-refractivity contribution is 9.10. The van der Waals surface area contributed by atoms with Crippen LogP contribution in [0.4, 0.5) is 0 Å². The second kappa shape index (κ2) is 5.27. The molecule has 0 fully saturated rings. The van der Waals surface area contributed by atoms with Gasteiger partial charge in [0.2, 0.25) is 0 Å². The smallest absolute Gasteiger partial charge is 0.263 e. The molecule has 0 bridgehead atoms. The molecule has 0 radical (unpaired) electrons. The van der Waals surface area contributed by atoms with Gasteiger partial charge in [0.15, 0.2) is 5.75 Å². The van der Waals surface area contributed by atoms with E-state index in [1.165, 1.54) is 4.57 Å². The van der Waals surface area contributed by atoms with E-state index in [0.717, 1.165) is 6.21 Å². The highest BCUT2D eigenvalue weighted by Gasteiger charge is 2.14. The van der Waals surface area contributed by atoms with Crippen LogP contribution in [0.5, 0.6) is 5.75 Å². The Bertz CT molecular complexity index is 454. The number of nitrogens with zero attached hydrogens (tertiary/aromatic N) is 1. The van der Waals surface area contributed by atoms with Crippen LogP contribution >= 0.6 is 15.9 Å². The molecule has 3 N–H and O–H groups in total. The molecule has 0 amide bonds. The summed E-state index contributed by atoms with van der Waals surface area (Å²) in [6.45, 7) is 4.61. The second-order valence-electron chi connectivity index (χ2n) is 3.83. The Kier molecular flexibility index (Phi) is 4.26. The first-order valence-electron chi connectivity index (χ1n) is 4.81. The number of nitrogens with two attached hydrogens (primary N) is 1. The fraction of sp³-hybridized carbons (Fsp3) is 0.400. The number of aromatic nitrogens is 1. The molecule has 5 nitrogen and oxygen atoms in total. The monoisotopic (exact) mass is 287 g/mol. The summed E-state index contributed by atoms with van der Waals surface area (Å²) in [6.07, 6.45) is 2.57. The maximum Gasteiger partial charge on any atom is 0.263 e. The van der Waals surface area contributed by atoms with Gasteiger partial charge in [-0.2, -0.15) is 5.90 Å². The van der Waals surface area contributed by atoms with Gasteiger partial charge in [-0.3, -0.25) is 4.79 Å². The quantitative estimate of drug-likeness (QED) is 0.651. The number of hydrogen-bond donors (Lipinski definition) is 2. The standard InChI is InChI=1S/C10H14BrN3O2/c1-6(2)4-14-5-8(11)9(16-13)7(3-12)10(14)15/h3,5-6,12H,4,13H2,1-2H3. The molecule has 6 heteroatoms. The zero-order valence-corrected chi connectivity index (χ0v) is 10.7. The molecule has 0 atom stereocenters. The van der Waals surface area contributed by atoms with Crippen molar-refractivity contribution in [1.82, 2.24) is 4.57 Å². The largest absolute Gasteiger partial charge is 0.409 e. The van der Waals surface area contributed by atoms with Crippen LogP contribution in [0.25, 0.3) is 0 Å². The summed E-state index contributed by atoms with van der Waals surface area (Å²) < 4.78 is 2.10. The number of nitrogens with one attached hydrogen (secondary N) is 1. The Morgan fingerprint density at radius 3 is 2.75 bits per heavy atom. The molecule has 0 saturated heterocycles. The lowest BCUT2D eigenvalue weighted by molar-refractivity contribution is 0.329. The maximum atomic E-state index is 11.9. The van der Waals surface area contributed by atoms with Gasteiger partial charge >= 0.3 is 0 Å². The van der Waals surface area contributed by atoms with Crippen molar-refractivity contribution in [3.05, 3.63) is 26.6 Å². The summed E-state index contributed by atoms with van der Waals surface area (Å²) in [4.78, 5) is 16.5. The SMILES string of the molecule is CC(C)Cn1cc(Br)c(ON)c(C=N)c1=O. The maximum absolute atomic E-state index is 11.9. The van der Waals surface area contributed by atoms with E-state index in [4.69, 9.17) is 11.3 Å². The zero-order chi connectivity index (χ0) is 12.3. The average Bonchev–Trinajstić information content (AvgIpc) is 2.21. The summed E-state index contributed by atoms with van der Waals surface area (Å²) in [7, 11) is 0. The topological polar surface area (TPSA) is 81.1 Å². The third-order valence-corrected chi connectivity index (χ3v) is 2.61. The third-order valence-electron chi connectivity index (χ3n) is 2.05. The Labute approximate surface area is 102 Å². The first-order valence-corrected chi connectivity index (χ1v) is 5.60. The minimum Gasteiger partial charge on any atom is -0.409 e. The molecule has 1 aromatic heterocycles. The van der Waals surface area contributed by atoms with E-state index in [-0.39, 0.29) is 16.9 Å². The molecule has 1 heterocycles. The lowest BCUT2D eigenvalue weighted by Crippen LogP contribution is -2.26. The summed E-state index contributed by atoms with van der Waals surface area (Å²) in [5.41, 5.74) is -0.120. The van der Waals surface area contributed by atoms with Gasteiger partial charge in [0.25, 0.3) is 5.56 Å². The van der Waals surface area contributed by atoms with Crippen LogP contribution in [0.2, 0.25) is 0 Å². The van der Waals surface area contributed by atoms with Crippen molar-refractivity contribution < 1.29 is 4.84 Å². The fourth-order valence-corrected chi connectivity index (χ4v) is 1.96. The zero-order valence-electron chi connectivity index (χ0n) is 9.16. The lowest BCUT2D eigenvalue weighted by Gasteiger charge is -2.12. The van der Waals surface area contributed by atoms with Gasteiger partial charge in [0.05, 0.1) is 4.47 Å². The second-order valence-corrected chi connectivity index (χ2v) is 4.69. The van der Waals surface area contributed by atoms with Gasteiger partial charge in [-0.15, -0.1) is 0 Å². The predicted octanol–water partition coefficient (Wildman–Crippen LogP) is 1.52. The van der Waals surface area contributed by atoms with E-state index in [9.17, 15) is 4.79 Å². The molecule has 16 heavy (non-hydrogen) atoms. The Balaban J connectivity index is 3.40. The molecule has 0 aliphatic carbocycles. The molecule has 1 aromatic rings. The molecule has 1 rings (SSSR count). The molecule has 0 spiro atoms. The van der Waals surface area contributed by atoms with Gasteiger partial charge in [0.1, 0.15) is 5.56 Å². The van der Waals surface area contributed by atoms with Gasteiger partial charge in [-0.1, -0.05) is 13.8 Å². The highest BCUT2D eigenvalue weighted by atomic mass is 79.9. The van der Waals surface area contributed by atoms with Crippen LogP contribution in [0.15, 0.2) is 15.5 Å². The average molecular weight is 288 g/mol. The van der Waals surface area contributed by atoms with Crippen LogP contribution in [0.1, 0.15) is 19.4 Å². The van der Waals surface area contributed by atoms with Crippen LogP contribution in [-0.2, 0) is 6.54 Å². The Morgan fingerprint density at radius 2 is 2.31 bits per heavy atom. The van der Waals surface area contributed by atoms with E-state index in [0.29, 0.717) is 16.9 Å². The van der Waals surface area contributed by atoms with E-state index >= 15 is 0 Å². The van der Waals surface area contributed by atoms with Gasteiger partial charge < -0.3 is 14.8 Å². The van der Waals surface area contributed by atoms with E-state index in [2.05, 4.69) is 20.8 Å². The van der Waals surface area contributed by atoms with Gasteiger partial charge in [-0.25, -0.2) is 0 Å². The van der Waals surface area contributed by atoms with E-state index < -0.39 is 0 Å². The van der Waals surface area contributed by atoms with Crippen LogP contribution in [0, 0.1) is 11.3 Å². The molecular formula is C10H14BrN3O2. The highest BCUT2D eigenvalue weighted by Crippen LogP contribution is 2.24. The van der Waals surface area contributed by atoms with Crippen LogP contribution in [0.3, 0.4) is 0 Å². The lowest BCUT2D eigenvalue weighted by atomic mass is 10.2. The summed E-state index contributed by atoms with van der Waals surface area (Å²) in [6, 6.07) is 0. The molecule has 0 aliphatic rings. The molecular weight excluding hydrogens is 274 g/mol.